The number of rotatable bonds is 12. The van der Waals surface area contributed by atoms with E-state index in [0.29, 0.717) is 0 Å². The monoisotopic (exact) mass is 1180 g/mol. The van der Waals surface area contributed by atoms with Gasteiger partial charge in [0.25, 0.3) is 0 Å². The van der Waals surface area contributed by atoms with Gasteiger partial charge < -0.3 is 9.13 Å². The quantitative estimate of drug-likeness (QED) is 0.0852. The summed E-state index contributed by atoms with van der Waals surface area (Å²) in [6, 6.07) is 140. The molecule has 2 aromatic heterocycles. The molecule has 5 heteroatoms. The number of hydrogen-bond acceptors (Lipinski definition) is 0. The molecule has 14 aromatic carbocycles. The zero-order valence-corrected chi connectivity index (χ0v) is 52.0. The van der Waals surface area contributed by atoms with Gasteiger partial charge in [0.15, 0.2) is 24.2 Å². The molecule has 1 aliphatic heterocycles. The molecule has 0 spiro atoms. The zero-order valence-electron chi connectivity index (χ0n) is 49.0. The van der Waals surface area contributed by atoms with Crippen LogP contribution in [0.2, 0.25) is 0 Å². The van der Waals surface area contributed by atoms with Crippen LogP contribution in [0.15, 0.2) is 364 Å². The van der Waals surface area contributed by atoms with Gasteiger partial charge in [0.05, 0.1) is 22.1 Å². The molecule has 418 valence electrons. The van der Waals surface area contributed by atoms with Crippen molar-refractivity contribution in [1.82, 2.24) is 9.13 Å². The van der Waals surface area contributed by atoms with Crippen LogP contribution in [0.4, 0.5) is 0 Å². The Morgan fingerprint density at radius 1 is 0.202 bits per heavy atom. The molecule has 0 N–H and O–H groups in total. The van der Waals surface area contributed by atoms with E-state index in [1.54, 1.807) is 0 Å². The SMILES string of the molecule is c1ccc([Si](c2ccccc2)(c2ccccc2)c2cc(-n3c4ccccc4c4ccccc43)cc([Si]3(c4cc(-n5c6ccccc6c6ccccc65)cc([Si](c5ccccc5)(c5ccccc5)c5ccccc5)c4)c4ccccc4-c4ccccc43)c2)cc1. The number of para-hydroxylation sites is 4. The van der Waals surface area contributed by atoms with E-state index in [2.05, 4.69) is 373 Å². The number of hydrogen-bond donors (Lipinski definition) is 0. The molecule has 0 bridgehead atoms. The Kier molecular flexibility index (Phi) is 12.6. The number of aromatic nitrogens is 2. The Bertz CT molecular complexity index is 4680. The molecule has 0 aliphatic carbocycles. The summed E-state index contributed by atoms with van der Waals surface area (Å²) >= 11 is 0. The smallest absolute Gasteiger partial charge is 0.181 e. The fourth-order valence-electron chi connectivity index (χ4n) is 15.9. The minimum atomic E-state index is -3.59. The highest BCUT2D eigenvalue weighted by Gasteiger charge is 2.52. The number of benzene rings is 14. The van der Waals surface area contributed by atoms with Gasteiger partial charge in [-0.25, -0.2) is 0 Å². The molecule has 17 rings (SSSR count). The van der Waals surface area contributed by atoms with Gasteiger partial charge in [0, 0.05) is 32.9 Å². The molecular weight excluding hydrogens is 1120 g/mol. The Balaban J connectivity index is 1.11. The van der Waals surface area contributed by atoms with Crippen LogP contribution in [0.1, 0.15) is 0 Å². The van der Waals surface area contributed by atoms with Crippen molar-refractivity contribution < 1.29 is 0 Å². The summed E-state index contributed by atoms with van der Waals surface area (Å²) in [7, 11) is -10.1. The lowest BCUT2D eigenvalue weighted by atomic mass is 10.1. The molecular formula is C84H60N2Si3. The lowest BCUT2D eigenvalue weighted by molar-refractivity contribution is 1.18. The highest BCUT2D eigenvalue weighted by Crippen LogP contribution is 2.36. The van der Waals surface area contributed by atoms with E-state index in [1.165, 1.54) is 117 Å². The summed E-state index contributed by atoms with van der Waals surface area (Å²) in [6.45, 7) is 0. The van der Waals surface area contributed by atoms with E-state index >= 15 is 0 Å². The fourth-order valence-corrected chi connectivity index (χ4v) is 31.1. The summed E-state index contributed by atoms with van der Waals surface area (Å²) in [4.78, 5) is 0. The third kappa shape index (κ3) is 7.92. The van der Waals surface area contributed by atoms with E-state index in [0.717, 1.165) is 11.4 Å². The van der Waals surface area contributed by atoms with Gasteiger partial charge >= 0.3 is 0 Å². The maximum Gasteiger partial charge on any atom is 0.181 e. The second kappa shape index (κ2) is 21.3. The highest BCUT2D eigenvalue weighted by atomic mass is 28.3. The minimum absolute atomic E-state index is 1.16. The summed E-state index contributed by atoms with van der Waals surface area (Å²) in [6.07, 6.45) is 0. The third-order valence-electron chi connectivity index (χ3n) is 19.4. The van der Waals surface area contributed by atoms with Crippen LogP contribution in [0.3, 0.4) is 0 Å². The average Bonchev–Trinajstić information content (AvgIpc) is 1.85. The second-order valence-electron chi connectivity index (χ2n) is 23.8. The van der Waals surface area contributed by atoms with Gasteiger partial charge in [-0.3, -0.25) is 0 Å². The van der Waals surface area contributed by atoms with Crippen molar-refractivity contribution in [3.8, 4) is 22.5 Å². The first-order valence-electron chi connectivity index (χ1n) is 31.0. The van der Waals surface area contributed by atoms with Crippen LogP contribution in [-0.2, 0) is 0 Å². The van der Waals surface area contributed by atoms with Crippen molar-refractivity contribution in [3.05, 3.63) is 364 Å². The normalized spacial score (nSPS) is 12.8. The lowest BCUT2D eigenvalue weighted by Crippen LogP contribution is -2.78. The lowest BCUT2D eigenvalue weighted by Gasteiger charge is -2.39. The van der Waals surface area contributed by atoms with Gasteiger partial charge in [-0.15, -0.1) is 0 Å². The molecule has 1 aliphatic rings. The van der Waals surface area contributed by atoms with E-state index in [1.807, 2.05) is 0 Å². The van der Waals surface area contributed by atoms with Gasteiger partial charge in [-0.2, -0.15) is 0 Å². The van der Waals surface area contributed by atoms with Crippen molar-refractivity contribution in [1.29, 1.82) is 0 Å². The molecule has 0 amide bonds. The van der Waals surface area contributed by atoms with Gasteiger partial charge in [0.1, 0.15) is 0 Å². The van der Waals surface area contributed by atoms with Crippen LogP contribution in [0.25, 0.3) is 66.1 Å². The molecule has 3 heterocycles. The van der Waals surface area contributed by atoms with Gasteiger partial charge in [-0.1, -0.05) is 315 Å². The van der Waals surface area contributed by atoms with Crippen molar-refractivity contribution in [2.24, 2.45) is 0 Å². The topological polar surface area (TPSA) is 9.86 Å². The first-order chi connectivity index (χ1) is 44.2. The van der Waals surface area contributed by atoms with E-state index in [9.17, 15) is 0 Å². The fraction of sp³-hybridized carbons (Fsp3) is 0. The minimum Gasteiger partial charge on any atom is -0.309 e. The molecule has 0 radical (unpaired) electrons. The Morgan fingerprint density at radius 3 is 0.719 bits per heavy atom. The first-order valence-corrected chi connectivity index (χ1v) is 37.0. The highest BCUT2D eigenvalue weighted by molar-refractivity contribution is 7.24. The van der Waals surface area contributed by atoms with Crippen molar-refractivity contribution in [2.75, 3.05) is 0 Å². The Morgan fingerprint density at radius 2 is 0.438 bits per heavy atom. The molecule has 89 heavy (non-hydrogen) atoms. The van der Waals surface area contributed by atoms with Crippen LogP contribution >= 0.6 is 0 Å². The van der Waals surface area contributed by atoms with E-state index in [4.69, 9.17) is 0 Å². The predicted octanol–water partition coefficient (Wildman–Crippen LogP) is 12.0. The maximum atomic E-state index is 2.74. The number of nitrogens with zero attached hydrogens (tertiary/aromatic N) is 2. The van der Waals surface area contributed by atoms with Gasteiger partial charge in [-0.05, 0) is 122 Å². The largest absolute Gasteiger partial charge is 0.309 e. The Labute approximate surface area is 522 Å². The summed E-state index contributed by atoms with van der Waals surface area (Å²) in [5.41, 5.74) is 9.66. The molecule has 0 saturated heterocycles. The summed E-state index contributed by atoms with van der Waals surface area (Å²) < 4.78 is 5.18. The van der Waals surface area contributed by atoms with E-state index < -0.39 is 24.2 Å². The van der Waals surface area contributed by atoms with Crippen LogP contribution < -0.4 is 62.2 Å². The van der Waals surface area contributed by atoms with Crippen molar-refractivity contribution in [3.63, 3.8) is 0 Å². The van der Waals surface area contributed by atoms with Crippen molar-refractivity contribution >= 4 is 130 Å². The molecule has 0 atom stereocenters. The van der Waals surface area contributed by atoms with E-state index in [-0.39, 0.29) is 0 Å². The molecule has 2 nitrogen and oxygen atoms in total. The van der Waals surface area contributed by atoms with Gasteiger partial charge in [0.2, 0.25) is 0 Å². The molecule has 16 aromatic rings. The van der Waals surface area contributed by atoms with Crippen LogP contribution in [0, 0.1) is 0 Å². The third-order valence-corrected chi connectivity index (χ3v) is 33.7. The maximum absolute atomic E-state index is 3.59. The molecule has 0 saturated carbocycles. The summed E-state index contributed by atoms with van der Waals surface area (Å²) in [5.74, 6) is 0. The zero-order chi connectivity index (χ0) is 58.9. The van der Waals surface area contributed by atoms with Crippen molar-refractivity contribution in [2.45, 2.75) is 0 Å². The van der Waals surface area contributed by atoms with Crippen LogP contribution in [-0.4, -0.2) is 33.4 Å². The van der Waals surface area contributed by atoms with Crippen LogP contribution in [0.5, 0.6) is 0 Å². The summed E-state index contributed by atoms with van der Waals surface area (Å²) in [5, 5.41) is 21.2. The predicted molar refractivity (Wildman–Crippen MR) is 385 cm³/mol. The first kappa shape index (κ1) is 52.6. The second-order valence-corrected chi connectivity index (χ2v) is 35.2. The standard InChI is InChI=1S/C84H60N2Si3/c1-7-31-63(32-8-1)87(64-33-9-2-10-34-64,65-35-11-3-12-36-65)69-55-61(85-79-49-25-19-43-73(79)74-44-20-26-50-80(74)85)57-71(59-69)89(83-53-29-23-47-77(83)78-48-24-30-54-84(78)89)72-58-62(86-81-51-27-21-45-75(81)76-46-22-28-52-82(76)86)56-70(60-72)88(66-37-13-4-14-38-66,67-39-15-5-16-40-67)68-41-17-6-18-42-68/h1-60H. The number of fused-ring (bicyclic) bond motifs is 9. The Hall–Kier alpha value is -10.7. The average molecular weight is 1180 g/mol. The molecule has 0 unspecified atom stereocenters. The molecule has 0 fully saturated rings.